The fourth-order valence-corrected chi connectivity index (χ4v) is 5.25. The Bertz CT molecular complexity index is 1260. The van der Waals surface area contributed by atoms with Crippen molar-refractivity contribution in [3.05, 3.63) is 79.2 Å². The number of nitrogens with zero attached hydrogens (tertiary/aromatic N) is 2. The molecule has 1 aliphatic rings. The van der Waals surface area contributed by atoms with Gasteiger partial charge in [0.05, 0.1) is 33.4 Å². The molecule has 0 saturated carbocycles. The first-order chi connectivity index (χ1) is 15.2. The summed E-state index contributed by atoms with van der Waals surface area (Å²) in [6.45, 7) is 0.261. The molecule has 2 amide bonds. The molecule has 4 rings (SSSR count). The van der Waals surface area contributed by atoms with Gasteiger partial charge >= 0.3 is 5.97 Å². The summed E-state index contributed by atoms with van der Waals surface area (Å²) in [5, 5.41) is 11.7. The number of rotatable bonds is 5. The van der Waals surface area contributed by atoms with Crippen LogP contribution >= 0.6 is 34.5 Å². The SMILES string of the molecule is CN(Cc1ccc(F)c(N2C(=O)Cc3csc(C(=O)O)c3C2=O)c1)c1c(Cl)cccc1Cl. The van der Waals surface area contributed by atoms with E-state index < -0.39 is 23.6 Å². The number of thiophene rings is 1. The monoisotopic (exact) mass is 492 g/mol. The first-order valence-corrected chi connectivity index (χ1v) is 11.0. The van der Waals surface area contributed by atoms with Crippen LogP contribution in [0.4, 0.5) is 15.8 Å². The van der Waals surface area contributed by atoms with E-state index in [0.717, 1.165) is 17.4 Å². The average molecular weight is 493 g/mol. The van der Waals surface area contributed by atoms with E-state index in [1.165, 1.54) is 17.5 Å². The smallest absolute Gasteiger partial charge is 0.346 e. The number of anilines is 2. The number of carbonyl (C=O) groups is 3. The number of hydrogen-bond acceptors (Lipinski definition) is 5. The molecule has 1 aliphatic heterocycles. The van der Waals surface area contributed by atoms with Gasteiger partial charge in [0.1, 0.15) is 10.7 Å². The van der Waals surface area contributed by atoms with Crippen LogP contribution in [0.5, 0.6) is 0 Å². The maximum atomic E-state index is 14.7. The van der Waals surface area contributed by atoms with Gasteiger partial charge in [0.2, 0.25) is 5.91 Å². The van der Waals surface area contributed by atoms with E-state index >= 15 is 0 Å². The van der Waals surface area contributed by atoms with Gasteiger partial charge in [-0.3, -0.25) is 9.59 Å². The molecule has 164 valence electrons. The number of hydrogen-bond donors (Lipinski definition) is 1. The number of benzene rings is 2. The summed E-state index contributed by atoms with van der Waals surface area (Å²) >= 11 is 13.4. The van der Waals surface area contributed by atoms with Crippen molar-refractivity contribution in [3.63, 3.8) is 0 Å². The van der Waals surface area contributed by atoms with Gasteiger partial charge in [-0.05, 0) is 40.8 Å². The van der Waals surface area contributed by atoms with Crippen LogP contribution in [0.25, 0.3) is 0 Å². The van der Waals surface area contributed by atoms with Crippen molar-refractivity contribution < 1.29 is 23.9 Å². The summed E-state index contributed by atoms with van der Waals surface area (Å²) < 4.78 is 14.7. The number of carboxylic acids is 1. The number of aromatic carboxylic acids is 1. The number of carbonyl (C=O) groups excluding carboxylic acids is 2. The summed E-state index contributed by atoms with van der Waals surface area (Å²) in [6.07, 6.45) is -0.191. The van der Waals surface area contributed by atoms with Gasteiger partial charge < -0.3 is 10.0 Å². The Morgan fingerprint density at radius 3 is 2.56 bits per heavy atom. The highest BCUT2D eigenvalue weighted by molar-refractivity contribution is 7.12. The normalized spacial score (nSPS) is 13.3. The molecular formula is C22H15Cl2FN2O4S. The van der Waals surface area contributed by atoms with Crippen molar-refractivity contribution in [1.82, 2.24) is 0 Å². The van der Waals surface area contributed by atoms with E-state index in [1.807, 2.05) is 0 Å². The summed E-state index contributed by atoms with van der Waals surface area (Å²) in [6, 6.07) is 9.18. The quantitative estimate of drug-likeness (QED) is 0.491. The molecule has 10 heteroatoms. The lowest BCUT2D eigenvalue weighted by Crippen LogP contribution is -2.43. The fourth-order valence-electron chi connectivity index (χ4n) is 3.66. The van der Waals surface area contributed by atoms with Crippen LogP contribution in [-0.2, 0) is 17.8 Å². The van der Waals surface area contributed by atoms with E-state index in [1.54, 1.807) is 30.1 Å². The molecule has 6 nitrogen and oxygen atoms in total. The van der Waals surface area contributed by atoms with Crippen LogP contribution in [0.15, 0.2) is 41.8 Å². The second kappa shape index (κ2) is 8.54. The molecule has 32 heavy (non-hydrogen) atoms. The van der Waals surface area contributed by atoms with Crippen LogP contribution in [0.2, 0.25) is 10.0 Å². The molecule has 0 saturated heterocycles. The van der Waals surface area contributed by atoms with Gasteiger partial charge in [0.25, 0.3) is 5.91 Å². The molecular weight excluding hydrogens is 478 g/mol. The van der Waals surface area contributed by atoms with Gasteiger partial charge in [-0.25, -0.2) is 14.1 Å². The summed E-state index contributed by atoms with van der Waals surface area (Å²) in [4.78, 5) is 39.5. The van der Waals surface area contributed by atoms with E-state index in [4.69, 9.17) is 23.2 Å². The van der Waals surface area contributed by atoms with Gasteiger partial charge in [-0.2, -0.15) is 0 Å². The molecule has 1 aromatic heterocycles. The number of fused-ring (bicyclic) bond motifs is 1. The highest BCUT2D eigenvalue weighted by atomic mass is 35.5. The van der Waals surface area contributed by atoms with Gasteiger partial charge in [0, 0.05) is 13.6 Å². The Hall–Kier alpha value is -2.94. The van der Waals surface area contributed by atoms with Gasteiger partial charge in [0.15, 0.2) is 0 Å². The Morgan fingerprint density at radius 1 is 1.22 bits per heavy atom. The second-order valence-electron chi connectivity index (χ2n) is 7.19. The standard InChI is InChI=1S/C22H15Cl2FN2O4S/c1-26(19-13(23)3-2-4-14(19)24)9-11-5-6-15(25)16(7-11)27-17(28)8-12-10-32-20(22(30)31)18(12)21(27)29/h2-7,10H,8-9H2,1H3,(H,30,31). The van der Waals surface area contributed by atoms with E-state index in [-0.39, 0.29) is 29.1 Å². The summed E-state index contributed by atoms with van der Waals surface area (Å²) in [5.74, 6) is -3.53. The van der Waals surface area contributed by atoms with Crippen LogP contribution in [-0.4, -0.2) is 29.9 Å². The van der Waals surface area contributed by atoms with Crippen LogP contribution in [0, 0.1) is 5.82 Å². The molecule has 0 radical (unpaired) electrons. The van der Waals surface area contributed by atoms with Crippen LogP contribution in [0.3, 0.4) is 0 Å². The van der Waals surface area contributed by atoms with E-state index in [9.17, 15) is 23.9 Å². The van der Waals surface area contributed by atoms with Crippen molar-refractivity contribution in [3.8, 4) is 0 Å². The molecule has 0 aliphatic carbocycles. The lowest BCUT2D eigenvalue weighted by molar-refractivity contribution is -0.117. The number of carboxylic acid groups (broad SMARTS) is 1. The van der Waals surface area contributed by atoms with Crippen molar-refractivity contribution >= 4 is 63.7 Å². The van der Waals surface area contributed by atoms with Gasteiger partial charge in [-0.15, -0.1) is 11.3 Å². The zero-order valence-electron chi connectivity index (χ0n) is 16.6. The molecule has 0 atom stereocenters. The van der Waals surface area contributed by atoms with Crippen molar-refractivity contribution in [1.29, 1.82) is 0 Å². The molecule has 0 fully saturated rings. The fraction of sp³-hybridized carbons (Fsp3) is 0.136. The van der Waals surface area contributed by atoms with Crippen molar-refractivity contribution in [2.24, 2.45) is 0 Å². The van der Waals surface area contributed by atoms with E-state index in [2.05, 4.69) is 0 Å². The summed E-state index contributed by atoms with van der Waals surface area (Å²) in [5.41, 5.74) is 1.20. The minimum atomic E-state index is -1.27. The molecule has 0 unspecified atom stereocenters. The largest absolute Gasteiger partial charge is 0.477 e. The maximum Gasteiger partial charge on any atom is 0.346 e. The lowest BCUT2D eigenvalue weighted by Gasteiger charge is -2.27. The Morgan fingerprint density at radius 2 is 1.91 bits per heavy atom. The third-order valence-electron chi connectivity index (χ3n) is 5.06. The predicted octanol–water partition coefficient (Wildman–Crippen LogP) is 5.26. The van der Waals surface area contributed by atoms with E-state index in [0.29, 0.717) is 31.8 Å². The topological polar surface area (TPSA) is 77.9 Å². The minimum Gasteiger partial charge on any atom is -0.477 e. The van der Waals surface area contributed by atoms with Crippen LogP contribution < -0.4 is 9.80 Å². The number of para-hydroxylation sites is 1. The lowest BCUT2D eigenvalue weighted by atomic mass is 10.00. The third kappa shape index (κ3) is 3.85. The highest BCUT2D eigenvalue weighted by Crippen LogP contribution is 2.35. The molecule has 2 aromatic carbocycles. The Labute approximate surface area is 196 Å². The maximum absolute atomic E-state index is 14.7. The predicted molar refractivity (Wildman–Crippen MR) is 122 cm³/mol. The zero-order chi connectivity index (χ0) is 23.2. The first-order valence-electron chi connectivity index (χ1n) is 9.33. The average Bonchev–Trinajstić information content (AvgIpc) is 3.14. The minimum absolute atomic E-state index is 0.0770. The highest BCUT2D eigenvalue weighted by Gasteiger charge is 2.38. The Kier molecular flexibility index (Phi) is 5.94. The molecule has 0 spiro atoms. The molecule has 1 N–H and O–H groups in total. The second-order valence-corrected chi connectivity index (χ2v) is 8.89. The number of amides is 2. The Balaban J connectivity index is 1.70. The number of halogens is 3. The summed E-state index contributed by atoms with van der Waals surface area (Å²) in [7, 11) is 1.75. The first kappa shape index (κ1) is 22.3. The number of imide groups is 1. The zero-order valence-corrected chi connectivity index (χ0v) is 18.9. The van der Waals surface area contributed by atoms with Crippen molar-refractivity contribution in [2.45, 2.75) is 13.0 Å². The van der Waals surface area contributed by atoms with Crippen molar-refractivity contribution in [2.75, 3.05) is 16.8 Å². The van der Waals surface area contributed by atoms with Crippen LogP contribution in [0.1, 0.15) is 31.2 Å². The molecule has 2 heterocycles. The third-order valence-corrected chi connectivity index (χ3v) is 6.69. The van der Waals surface area contributed by atoms with Gasteiger partial charge in [-0.1, -0.05) is 35.3 Å². The molecule has 3 aromatic rings. The molecule has 0 bridgehead atoms.